The number of halogens is 1. The fourth-order valence-electron chi connectivity index (χ4n) is 3.50. The molecule has 0 spiro atoms. The zero-order valence-corrected chi connectivity index (χ0v) is 14.3. The van der Waals surface area contributed by atoms with Gasteiger partial charge < -0.3 is 4.90 Å². The van der Waals surface area contributed by atoms with Crippen molar-refractivity contribution in [2.24, 2.45) is 0 Å². The third-order valence-corrected chi connectivity index (χ3v) is 4.82. The Morgan fingerprint density at radius 2 is 1.71 bits per heavy atom. The summed E-state index contributed by atoms with van der Waals surface area (Å²) in [4.78, 5) is 15.4. The van der Waals surface area contributed by atoms with Gasteiger partial charge in [-0.05, 0) is 36.6 Å². The number of benzene rings is 2. The molecule has 122 valence electrons. The maximum atomic E-state index is 13.3. The topological polar surface area (TPSA) is 20.3 Å². The van der Waals surface area contributed by atoms with Crippen LogP contribution in [0.5, 0.6) is 0 Å². The first-order chi connectivity index (χ1) is 11.6. The molecule has 0 N–H and O–H groups in total. The standard InChI is InChI=1S/C21H20ClNO/c1-3-12-21(13-4-2)20(24)18-14-17(22)10-11-19(18)23(21)15-16-8-6-5-7-9-16/h3-11,14H,1-2,12-13,15H2. The molecule has 0 saturated carbocycles. The zero-order chi connectivity index (χ0) is 17.2. The highest BCUT2D eigenvalue weighted by Gasteiger charge is 2.49. The van der Waals surface area contributed by atoms with Crippen molar-refractivity contribution in [2.75, 3.05) is 4.90 Å². The first-order valence-corrected chi connectivity index (χ1v) is 8.38. The summed E-state index contributed by atoms with van der Waals surface area (Å²) in [6, 6.07) is 15.7. The van der Waals surface area contributed by atoms with Gasteiger partial charge in [0.2, 0.25) is 0 Å². The lowest BCUT2D eigenvalue weighted by atomic mass is 9.85. The summed E-state index contributed by atoms with van der Waals surface area (Å²) in [5.41, 5.74) is 2.09. The smallest absolute Gasteiger partial charge is 0.191 e. The molecule has 24 heavy (non-hydrogen) atoms. The Balaban J connectivity index is 2.13. The predicted octanol–water partition coefficient (Wildman–Crippen LogP) is 5.43. The van der Waals surface area contributed by atoms with Gasteiger partial charge in [0.1, 0.15) is 5.54 Å². The molecule has 3 heteroatoms. The van der Waals surface area contributed by atoms with Gasteiger partial charge in [-0.3, -0.25) is 4.79 Å². The summed E-state index contributed by atoms with van der Waals surface area (Å²) < 4.78 is 0. The Morgan fingerprint density at radius 1 is 1.04 bits per heavy atom. The monoisotopic (exact) mass is 337 g/mol. The van der Waals surface area contributed by atoms with E-state index < -0.39 is 5.54 Å². The maximum absolute atomic E-state index is 13.3. The van der Waals surface area contributed by atoms with Gasteiger partial charge >= 0.3 is 0 Å². The summed E-state index contributed by atoms with van der Waals surface area (Å²) in [6.45, 7) is 8.39. The van der Waals surface area contributed by atoms with Gasteiger partial charge in [0.15, 0.2) is 5.78 Å². The SMILES string of the molecule is C=CCC1(CC=C)C(=O)c2cc(Cl)ccc2N1Cc1ccccc1. The summed E-state index contributed by atoms with van der Waals surface area (Å²) in [5, 5.41) is 0.578. The maximum Gasteiger partial charge on any atom is 0.191 e. The van der Waals surface area contributed by atoms with Crippen molar-refractivity contribution >= 4 is 23.1 Å². The Bertz CT molecular complexity index is 772. The third-order valence-electron chi connectivity index (χ3n) is 4.58. The largest absolute Gasteiger partial charge is 0.353 e. The molecule has 1 aliphatic rings. The average molecular weight is 338 g/mol. The van der Waals surface area contributed by atoms with E-state index >= 15 is 0 Å². The van der Waals surface area contributed by atoms with Gasteiger partial charge in [-0.15, -0.1) is 13.2 Å². The molecule has 0 bridgehead atoms. The minimum absolute atomic E-state index is 0.0933. The molecule has 0 unspecified atom stereocenters. The van der Waals surface area contributed by atoms with Crippen LogP contribution in [-0.2, 0) is 6.54 Å². The van der Waals surface area contributed by atoms with Crippen molar-refractivity contribution in [3.63, 3.8) is 0 Å². The fraction of sp³-hybridized carbons (Fsp3) is 0.190. The van der Waals surface area contributed by atoms with Crippen LogP contribution in [0.1, 0.15) is 28.8 Å². The first-order valence-electron chi connectivity index (χ1n) is 8.00. The molecule has 0 fully saturated rings. The van der Waals surface area contributed by atoms with E-state index in [1.165, 1.54) is 0 Å². The number of hydrogen-bond donors (Lipinski definition) is 0. The van der Waals surface area contributed by atoms with Crippen LogP contribution in [0.3, 0.4) is 0 Å². The highest BCUT2D eigenvalue weighted by atomic mass is 35.5. The lowest BCUT2D eigenvalue weighted by Crippen LogP contribution is -2.49. The van der Waals surface area contributed by atoms with Crippen LogP contribution in [0.15, 0.2) is 73.8 Å². The molecule has 0 atom stereocenters. The number of Topliss-reactive ketones (excluding diaryl/α,β-unsaturated/α-hetero) is 1. The van der Waals surface area contributed by atoms with Gasteiger partial charge in [0.05, 0.1) is 0 Å². The minimum atomic E-state index is -0.674. The lowest BCUT2D eigenvalue weighted by Gasteiger charge is -2.38. The van der Waals surface area contributed by atoms with Crippen molar-refractivity contribution in [3.05, 3.63) is 90.0 Å². The molecule has 3 rings (SSSR count). The van der Waals surface area contributed by atoms with E-state index in [1.807, 2.05) is 42.5 Å². The molecule has 2 nitrogen and oxygen atoms in total. The van der Waals surface area contributed by atoms with Gasteiger partial charge in [-0.25, -0.2) is 0 Å². The Kier molecular flexibility index (Phi) is 4.59. The van der Waals surface area contributed by atoms with Crippen LogP contribution in [0, 0.1) is 0 Å². The number of carbonyl (C=O) groups excluding carboxylic acids is 1. The fourth-order valence-corrected chi connectivity index (χ4v) is 3.67. The van der Waals surface area contributed by atoms with Gasteiger partial charge in [-0.2, -0.15) is 0 Å². The second-order valence-corrected chi connectivity index (χ2v) is 6.52. The van der Waals surface area contributed by atoms with E-state index in [2.05, 4.69) is 30.2 Å². The highest BCUT2D eigenvalue weighted by Crippen LogP contribution is 2.45. The number of fused-ring (bicyclic) bond motifs is 1. The third kappa shape index (κ3) is 2.67. The summed E-state index contributed by atoms with van der Waals surface area (Å²) >= 11 is 6.13. The second-order valence-electron chi connectivity index (χ2n) is 6.08. The molecule has 0 radical (unpaired) electrons. The van der Waals surface area contributed by atoms with E-state index in [4.69, 9.17) is 11.6 Å². The highest BCUT2D eigenvalue weighted by molar-refractivity contribution is 6.31. The van der Waals surface area contributed by atoms with E-state index in [-0.39, 0.29) is 5.78 Å². The zero-order valence-electron chi connectivity index (χ0n) is 13.5. The van der Waals surface area contributed by atoms with E-state index in [1.54, 1.807) is 6.07 Å². The first kappa shape index (κ1) is 16.5. The number of carbonyl (C=O) groups is 1. The lowest BCUT2D eigenvalue weighted by molar-refractivity contribution is 0.0901. The quantitative estimate of drug-likeness (QED) is 0.655. The average Bonchev–Trinajstić information content (AvgIpc) is 2.79. The van der Waals surface area contributed by atoms with Crippen molar-refractivity contribution < 1.29 is 4.79 Å². The Labute approximate surface area is 148 Å². The Morgan fingerprint density at radius 3 is 2.33 bits per heavy atom. The van der Waals surface area contributed by atoms with Crippen LogP contribution in [-0.4, -0.2) is 11.3 Å². The molecular formula is C21H20ClNO. The van der Waals surface area contributed by atoms with E-state index in [9.17, 15) is 4.79 Å². The summed E-state index contributed by atoms with van der Waals surface area (Å²) in [7, 11) is 0. The van der Waals surface area contributed by atoms with Crippen molar-refractivity contribution in [1.29, 1.82) is 0 Å². The molecular weight excluding hydrogens is 318 g/mol. The molecule has 1 aliphatic heterocycles. The summed E-state index contributed by atoms with van der Waals surface area (Å²) in [5.74, 6) is 0.0933. The molecule has 1 heterocycles. The number of hydrogen-bond acceptors (Lipinski definition) is 2. The minimum Gasteiger partial charge on any atom is -0.353 e. The van der Waals surface area contributed by atoms with Crippen LogP contribution < -0.4 is 4.90 Å². The van der Waals surface area contributed by atoms with Crippen molar-refractivity contribution in [1.82, 2.24) is 0 Å². The van der Waals surface area contributed by atoms with Gasteiger partial charge in [-0.1, -0.05) is 54.1 Å². The van der Waals surface area contributed by atoms with Gasteiger partial charge in [0, 0.05) is 22.8 Å². The van der Waals surface area contributed by atoms with Crippen LogP contribution in [0.4, 0.5) is 5.69 Å². The molecule has 0 aromatic heterocycles. The van der Waals surface area contributed by atoms with Crippen molar-refractivity contribution in [2.45, 2.75) is 24.9 Å². The molecule has 2 aromatic carbocycles. The van der Waals surface area contributed by atoms with E-state index in [0.717, 1.165) is 11.3 Å². The van der Waals surface area contributed by atoms with Crippen LogP contribution >= 0.6 is 11.6 Å². The van der Waals surface area contributed by atoms with Gasteiger partial charge in [0.25, 0.3) is 0 Å². The number of nitrogens with zero attached hydrogens (tertiary/aromatic N) is 1. The van der Waals surface area contributed by atoms with Crippen LogP contribution in [0.2, 0.25) is 5.02 Å². The summed E-state index contributed by atoms with van der Waals surface area (Å²) in [6.07, 6.45) is 4.76. The molecule has 0 aliphatic carbocycles. The molecule has 2 aromatic rings. The van der Waals surface area contributed by atoms with E-state index in [0.29, 0.717) is 30.0 Å². The van der Waals surface area contributed by atoms with Crippen molar-refractivity contribution in [3.8, 4) is 0 Å². The molecule has 0 saturated heterocycles. The second kappa shape index (κ2) is 6.66. The number of anilines is 1. The number of rotatable bonds is 6. The predicted molar refractivity (Wildman–Crippen MR) is 101 cm³/mol. The molecule has 0 amide bonds. The normalized spacial score (nSPS) is 15.2. The van der Waals surface area contributed by atoms with Crippen LogP contribution in [0.25, 0.3) is 0 Å². The Hall–Kier alpha value is -2.32. The number of ketones is 1.